The largest absolute Gasteiger partial charge is 0.473 e. The SMILES string of the molecule is CC(=O)Nc1ncc(CN2C[C@H](Oc3ccc(C(F)F)cn3)C[C@@H]2C)s1. The lowest BCUT2D eigenvalue weighted by molar-refractivity contribution is -0.114. The van der Waals surface area contributed by atoms with Crippen LogP contribution in [0.2, 0.25) is 0 Å². The highest BCUT2D eigenvalue weighted by Gasteiger charge is 2.31. The third kappa shape index (κ3) is 4.73. The second kappa shape index (κ2) is 8.05. The molecule has 0 saturated carbocycles. The number of carbonyl (C=O) groups excluding carboxylic acids is 1. The molecule has 2 atom stereocenters. The van der Waals surface area contributed by atoms with Gasteiger partial charge in [0.25, 0.3) is 6.43 Å². The lowest BCUT2D eigenvalue weighted by atomic mass is 10.2. The molecule has 3 rings (SSSR count). The van der Waals surface area contributed by atoms with Gasteiger partial charge in [0.05, 0.1) is 0 Å². The molecule has 1 saturated heterocycles. The number of hydrogen-bond acceptors (Lipinski definition) is 6. The number of nitrogens with one attached hydrogen (secondary N) is 1. The standard InChI is InChI=1S/C17H20F2N4O2S/c1-10-5-13(25-15-4-3-12(6-20-15)16(18)19)8-23(10)9-14-7-21-17(26-14)22-11(2)24/h3-4,6-7,10,13,16H,5,8-9H2,1-2H3,(H,21,22,24)/t10-,13+/m0/s1. The minimum absolute atomic E-state index is 0.0439. The Labute approximate surface area is 154 Å². The summed E-state index contributed by atoms with van der Waals surface area (Å²) in [5.41, 5.74) is -0.112. The fraction of sp³-hybridized carbons (Fsp3) is 0.471. The first kappa shape index (κ1) is 18.7. The molecule has 0 bridgehead atoms. The summed E-state index contributed by atoms with van der Waals surface area (Å²) in [5, 5.41) is 3.27. The Hall–Kier alpha value is -2.13. The van der Waals surface area contributed by atoms with Crippen molar-refractivity contribution < 1.29 is 18.3 Å². The Morgan fingerprint density at radius 2 is 2.23 bits per heavy atom. The van der Waals surface area contributed by atoms with E-state index < -0.39 is 6.43 Å². The van der Waals surface area contributed by atoms with E-state index >= 15 is 0 Å². The topological polar surface area (TPSA) is 67.4 Å². The number of pyridine rings is 1. The van der Waals surface area contributed by atoms with Crippen molar-refractivity contribution in [2.45, 2.75) is 45.4 Å². The molecule has 1 fully saturated rings. The fourth-order valence-electron chi connectivity index (χ4n) is 2.90. The number of aromatic nitrogens is 2. The zero-order valence-corrected chi connectivity index (χ0v) is 15.3. The molecule has 1 aliphatic heterocycles. The summed E-state index contributed by atoms with van der Waals surface area (Å²) in [6.07, 6.45) is 1.17. The number of likely N-dealkylation sites (tertiary alicyclic amines) is 1. The van der Waals surface area contributed by atoms with Crippen LogP contribution in [-0.2, 0) is 11.3 Å². The summed E-state index contributed by atoms with van der Waals surface area (Å²) >= 11 is 1.45. The van der Waals surface area contributed by atoms with Gasteiger partial charge in [-0.1, -0.05) is 0 Å². The van der Waals surface area contributed by atoms with Crippen LogP contribution in [0.1, 0.15) is 37.1 Å². The monoisotopic (exact) mass is 382 g/mol. The zero-order chi connectivity index (χ0) is 18.7. The molecular formula is C17H20F2N4O2S. The summed E-state index contributed by atoms with van der Waals surface area (Å²) < 4.78 is 31.0. The molecule has 26 heavy (non-hydrogen) atoms. The highest BCUT2D eigenvalue weighted by atomic mass is 32.1. The molecular weight excluding hydrogens is 362 g/mol. The Balaban J connectivity index is 1.55. The maximum atomic E-state index is 12.6. The van der Waals surface area contributed by atoms with Crippen LogP contribution in [0, 0.1) is 0 Å². The van der Waals surface area contributed by atoms with Gasteiger partial charge in [-0.2, -0.15) is 0 Å². The number of thiazole rings is 1. The van der Waals surface area contributed by atoms with Crippen molar-refractivity contribution in [1.82, 2.24) is 14.9 Å². The van der Waals surface area contributed by atoms with Crippen LogP contribution in [0.5, 0.6) is 5.88 Å². The number of alkyl halides is 2. The quantitative estimate of drug-likeness (QED) is 0.829. The van der Waals surface area contributed by atoms with E-state index in [1.54, 1.807) is 6.20 Å². The molecule has 0 radical (unpaired) electrons. The molecule has 9 heteroatoms. The first-order valence-corrected chi connectivity index (χ1v) is 9.09. The number of anilines is 1. The van der Waals surface area contributed by atoms with E-state index in [-0.39, 0.29) is 17.6 Å². The second-order valence-electron chi connectivity index (χ2n) is 6.30. The predicted molar refractivity (Wildman–Crippen MR) is 94.5 cm³/mol. The third-order valence-electron chi connectivity index (χ3n) is 4.16. The first-order valence-electron chi connectivity index (χ1n) is 8.28. The molecule has 0 aliphatic carbocycles. The van der Waals surface area contributed by atoms with Crippen LogP contribution in [0.4, 0.5) is 13.9 Å². The van der Waals surface area contributed by atoms with Gasteiger partial charge in [0.15, 0.2) is 5.13 Å². The maximum absolute atomic E-state index is 12.6. The summed E-state index contributed by atoms with van der Waals surface area (Å²) in [5.74, 6) is 0.221. The van der Waals surface area contributed by atoms with Crippen LogP contribution < -0.4 is 10.1 Å². The van der Waals surface area contributed by atoms with Crippen molar-refractivity contribution in [3.63, 3.8) is 0 Å². The van der Waals surface area contributed by atoms with Crippen LogP contribution in [-0.4, -0.2) is 39.5 Å². The zero-order valence-electron chi connectivity index (χ0n) is 14.5. The van der Waals surface area contributed by atoms with Gasteiger partial charge in [0.1, 0.15) is 6.10 Å². The van der Waals surface area contributed by atoms with Gasteiger partial charge < -0.3 is 10.1 Å². The van der Waals surface area contributed by atoms with Crippen molar-refractivity contribution >= 4 is 22.4 Å². The average Bonchev–Trinajstić information content (AvgIpc) is 3.14. The number of hydrogen-bond donors (Lipinski definition) is 1. The Morgan fingerprint density at radius 1 is 1.42 bits per heavy atom. The van der Waals surface area contributed by atoms with Crippen molar-refractivity contribution in [3.8, 4) is 5.88 Å². The molecule has 0 aromatic carbocycles. The summed E-state index contributed by atoms with van der Waals surface area (Å²) in [7, 11) is 0. The normalized spacial score (nSPS) is 20.5. The van der Waals surface area contributed by atoms with E-state index in [1.165, 1.54) is 30.4 Å². The van der Waals surface area contributed by atoms with Crippen LogP contribution in [0.3, 0.4) is 0 Å². The van der Waals surface area contributed by atoms with Gasteiger partial charge in [0.2, 0.25) is 11.8 Å². The lowest BCUT2D eigenvalue weighted by Gasteiger charge is -2.19. The third-order valence-corrected chi connectivity index (χ3v) is 5.06. The van der Waals surface area contributed by atoms with E-state index in [0.717, 1.165) is 24.0 Å². The predicted octanol–water partition coefficient (Wildman–Crippen LogP) is 3.48. The second-order valence-corrected chi connectivity index (χ2v) is 7.41. The highest BCUT2D eigenvalue weighted by Crippen LogP contribution is 2.27. The fourth-order valence-corrected chi connectivity index (χ4v) is 3.79. The molecule has 2 aromatic rings. The van der Waals surface area contributed by atoms with E-state index in [1.807, 2.05) is 0 Å². The van der Waals surface area contributed by atoms with Crippen LogP contribution in [0.15, 0.2) is 24.5 Å². The van der Waals surface area contributed by atoms with E-state index in [9.17, 15) is 13.6 Å². The van der Waals surface area contributed by atoms with Crippen molar-refractivity contribution in [2.75, 3.05) is 11.9 Å². The number of amides is 1. The molecule has 2 aromatic heterocycles. The summed E-state index contributed by atoms with van der Waals surface area (Å²) in [6, 6.07) is 3.13. The van der Waals surface area contributed by atoms with Crippen molar-refractivity contribution in [2.24, 2.45) is 0 Å². The minimum Gasteiger partial charge on any atom is -0.473 e. The van der Waals surface area contributed by atoms with Crippen molar-refractivity contribution in [3.05, 3.63) is 35.0 Å². The van der Waals surface area contributed by atoms with Crippen LogP contribution in [0.25, 0.3) is 0 Å². The summed E-state index contributed by atoms with van der Waals surface area (Å²) in [6.45, 7) is 5.00. The number of nitrogens with zero attached hydrogens (tertiary/aromatic N) is 3. The van der Waals surface area contributed by atoms with E-state index in [0.29, 0.717) is 23.6 Å². The number of ether oxygens (including phenoxy) is 1. The smallest absolute Gasteiger partial charge is 0.265 e. The molecule has 1 aliphatic rings. The maximum Gasteiger partial charge on any atom is 0.265 e. The Morgan fingerprint density at radius 3 is 2.88 bits per heavy atom. The van der Waals surface area contributed by atoms with Gasteiger partial charge in [-0.05, 0) is 13.0 Å². The van der Waals surface area contributed by atoms with Crippen molar-refractivity contribution in [1.29, 1.82) is 0 Å². The molecule has 6 nitrogen and oxygen atoms in total. The van der Waals surface area contributed by atoms with Gasteiger partial charge in [0, 0.05) is 61.4 Å². The molecule has 0 unspecified atom stereocenters. The highest BCUT2D eigenvalue weighted by molar-refractivity contribution is 7.15. The van der Waals surface area contributed by atoms with E-state index in [2.05, 4.69) is 27.1 Å². The average molecular weight is 382 g/mol. The van der Waals surface area contributed by atoms with Gasteiger partial charge >= 0.3 is 0 Å². The number of rotatable bonds is 6. The number of carbonyl (C=O) groups is 1. The summed E-state index contributed by atoms with van der Waals surface area (Å²) in [4.78, 5) is 22.5. The minimum atomic E-state index is -2.53. The molecule has 140 valence electrons. The Bertz CT molecular complexity index is 753. The molecule has 3 heterocycles. The lowest BCUT2D eigenvalue weighted by Crippen LogP contribution is -2.27. The molecule has 1 amide bonds. The first-order chi connectivity index (χ1) is 12.4. The van der Waals surface area contributed by atoms with Gasteiger partial charge in [-0.25, -0.2) is 18.7 Å². The van der Waals surface area contributed by atoms with Gasteiger partial charge in [-0.3, -0.25) is 9.69 Å². The number of halogens is 2. The Kier molecular flexibility index (Phi) is 5.77. The van der Waals surface area contributed by atoms with E-state index in [4.69, 9.17) is 4.74 Å². The van der Waals surface area contributed by atoms with Gasteiger partial charge in [-0.15, -0.1) is 11.3 Å². The molecule has 0 spiro atoms. The van der Waals surface area contributed by atoms with Crippen LogP contribution >= 0.6 is 11.3 Å². The molecule has 1 N–H and O–H groups in total.